The molecule has 4 N–H and O–H groups in total. The fraction of sp³-hybridized carbons (Fsp3) is 0. The van der Waals surface area contributed by atoms with Gasteiger partial charge in [0.15, 0.2) is 0 Å². The van der Waals surface area contributed by atoms with E-state index in [0.717, 1.165) is 16.9 Å². The predicted molar refractivity (Wildman–Crippen MR) is 198 cm³/mol. The summed E-state index contributed by atoms with van der Waals surface area (Å²) in [5, 5.41) is 10.9. The van der Waals surface area contributed by atoms with E-state index in [1.165, 1.54) is 36.4 Å². The number of hydrogen-bond acceptors (Lipinski definition) is 8. The maximum Gasteiger partial charge on any atom is 0.339 e. The topological polar surface area (TPSA) is 144 Å². The first kappa shape index (κ1) is 34.4. The molecule has 0 spiro atoms. The van der Waals surface area contributed by atoms with E-state index in [0.29, 0.717) is 40.0 Å². The van der Waals surface area contributed by atoms with Crippen molar-refractivity contribution in [2.45, 2.75) is 9.79 Å². The summed E-state index contributed by atoms with van der Waals surface area (Å²) in [5.74, 6) is 1.53. The van der Waals surface area contributed by atoms with E-state index in [9.17, 15) is 18.0 Å². The zero-order valence-corrected chi connectivity index (χ0v) is 28.3. The average molecular weight is 719 g/mol. The van der Waals surface area contributed by atoms with Crippen LogP contribution >= 0.6 is 12.0 Å². The molecule has 6 aromatic rings. The minimum Gasteiger partial charge on any atom is -0.457 e. The standard InChI is InChI=1S/C38H30N4O7S2/c43-37(39-27-9-3-1-4-10-27)41-29-13-7-15-33(25-29)48-50-35-21-17-31(18-22-35)47-32-19-23-36(24-20-32)51(45,46)49-34-16-8-14-30(26-34)42-38(44)40-28-11-5-2-6-12-28/h1-26H,(H2,39,41,43)(H2,40,42,44). The van der Waals surface area contributed by atoms with Crippen LogP contribution in [0.25, 0.3) is 0 Å². The van der Waals surface area contributed by atoms with E-state index >= 15 is 0 Å². The van der Waals surface area contributed by atoms with Gasteiger partial charge in [0.05, 0.1) is 12.0 Å². The normalized spacial score (nSPS) is 10.7. The van der Waals surface area contributed by atoms with Crippen molar-refractivity contribution in [1.29, 1.82) is 0 Å². The number of ether oxygens (including phenoxy) is 1. The van der Waals surface area contributed by atoms with Gasteiger partial charge in [-0.25, -0.2) is 9.59 Å². The zero-order chi connectivity index (χ0) is 35.5. The van der Waals surface area contributed by atoms with Crippen LogP contribution in [0.1, 0.15) is 0 Å². The lowest BCUT2D eigenvalue weighted by atomic mass is 10.3. The molecule has 0 unspecified atom stereocenters. The van der Waals surface area contributed by atoms with Gasteiger partial charge in [0, 0.05) is 39.8 Å². The van der Waals surface area contributed by atoms with Gasteiger partial charge in [0.1, 0.15) is 27.9 Å². The number of carbonyl (C=O) groups excluding carboxylic acids is 2. The fourth-order valence-corrected chi connectivity index (χ4v) is 5.99. The molecule has 0 aliphatic rings. The van der Waals surface area contributed by atoms with Crippen LogP contribution in [0, 0.1) is 0 Å². The Balaban J connectivity index is 0.984. The van der Waals surface area contributed by atoms with E-state index in [2.05, 4.69) is 21.3 Å². The van der Waals surface area contributed by atoms with E-state index in [4.69, 9.17) is 13.1 Å². The van der Waals surface area contributed by atoms with Gasteiger partial charge in [-0.1, -0.05) is 48.5 Å². The van der Waals surface area contributed by atoms with E-state index in [1.807, 2.05) is 36.4 Å². The van der Waals surface area contributed by atoms with Crippen LogP contribution in [0.5, 0.6) is 23.0 Å². The first-order valence-corrected chi connectivity index (χ1v) is 17.6. The highest BCUT2D eigenvalue weighted by Gasteiger charge is 2.17. The molecule has 0 bridgehead atoms. The Morgan fingerprint density at radius 2 is 0.922 bits per heavy atom. The van der Waals surface area contributed by atoms with Gasteiger partial charge in [0.2, 0.25) is 0 Å². The molecule has 0 aliphatic heterocycles. The molecule has 6 rings (SSSR count). The second-order valence-electron chi connectivity index (χ2n) is 10.7. The van der Waals surface area contributed by atoms with Crippen LogP contribution in [0.4, 0.5) is 32.3 Å². The molecule has 0 saturated carbocycles. The van der Waals surface area contributed by atoms with Gasteiger partial charge in [-0.15, -0.1) is 0 Å². The minimum absolute atomic E-state index is 0.0328. The smallest absolute Gasteiger partial charge is 0.339 e. The Bertz CT molecular complexity index is 2200. The second-order valence-corrected chi connectivity index (χ2v) is 13.0. The molecule has 0 aromatic heterocycles. The molecule has 6 aromatic carbocycles. The number of carbonyl (C=O) groups is 2. The number of hydrogen-bond donors (Lipinski definition) is 4. The van der Waals surface area contributed by atoms with Crippen LogP contribution in [0.2, 0.25) is 0 Å². The number of para-hydroxylation sites is 2. The monoisotopic (exact) mass is 718 g/mol. The maximum atomic E-state index is 13.0. The summed E-state index contributed by atoms with van der Waals surface area (Å²) in [6.07, 6.45) is 0. The molecule has 256 valence electrons. The second kappa shape index (κ2) is 16.3. The average Bonchev–Trinajstić information content (AvgIpc) is 3.12. The minimum atomic E-state index is -4.18. The van der Waals surface area contributed by atoms with Crippen molar-refractivity contribution >= 4 is 57.0 Å². The highest BCUT2D eigenvalue weighted by Crippen LogP contribution is 2.30. The lowest BCUT2D eigenvalue weighted by Gasteiger charge is -2.11. The van der Waals surface area contributed by atoms with Crippen molar-refractivity contribution in [2.75, 3.05) is 21.3 Å². The molecule has 4 amide bonds. The van der Waals surface area contributed by atoms with Crippen molar-refractivity contribution < 1.29 is 31.1 Å². The third-order valence-electron chi connectivity index (χ3n) is 6.86. The Hall–Kier alpha value is -6.44. The summed E-state index contributed by atoms with van der Waals surface area (Å²) in [7, 11) is -4.18. The Labute approximate surface area is 298 Å². The number of amides is 4. The highest BCUT2D eigenvalue weighted by molar-refractivity contribution is 7.95. The highest BCUT2D eigenvalue weighted by atomic mass is 32.2. The molecule has 0 saturated heterocycles. The molecule has 13 heteroatoms. The number of rotatable bonds is 12. The molecular formula is C38H30N4O7S2. The van der Waals surface area contributed by atoms with Crippen LogP contribution < -0.4 is 34.4 Å². The maximum absolute atomic E-state index is 13.0. The Kier molecular flexibility index (Phi) is 11.0. The Morgan fingerprint density at radius 1 is 0.471 bits per heavy atom. The number of benzene rings is 6. The van der Waals surface area contributed by atoms with Crippen LogP contribution in [-0.2, 0) is 10.1 Å². The lowest BCUT2D eigenvalue weighted by Crippen LogP contribution is -2.19. The van der Waals surface area contributed by atoms with E-state index < -0.39 is 16.1 Å². The van der Waals surface area contributed by atoms with Crippen molar-refractivity contribution in [3.8, 4) is 23.0 Å². The summed E-state index contributed by atoms with van der Waals surface area (Å²) < 4.78 is 43.0. The summed E-state index contributed by atoms with van der Waals surface area (Å²) >= 11 is 1.14. The van der Waals surface area contributed by atoms with Gasteiger partial charge >= 0.3 is 22.2 Å². The Morgan fingerprint density at radius 3 is 1.47 bits per heavy atom. The molecule has 0 radical (unpaired) electrons. The summed E-state index contributed by atoms with van der Waals surface area (Å²) in [4.78, 5) is 25.4. The first-order chi connectivity index (χ1) is 24.8. The summed E-state index contributed by atoms with van der Waals surface area (Å²) in [6.45, 7) is 0. The third kappa shape index (κ3) is 10.3. The predicted octanol–water partition coefficient (Wildman–Crippen LogP) is 9.62. The van der Waals surface area contributed by atoms with E-state index in [1.54, 1.807) is 84.9 Å². The van der Waals surface area contributed by atoms with Crippen molar-refractivity contribution in [3.05, 3.63) is 158 Å². The number of anilines is 4. The molecule has 0 heterocycles. The molecule has 0 aliphatic carbocycles. The SMILES string of the molecule is O=C(Nc1ccccc1)Nc1cccc(OSc2ccc(Oc3ccc(S(=O)(=O)Oc4cccc(NC(=O)Nc5ccccc5)c4)cc3)cc2)c1. The molecule has 51 heavy (non-hydrogen) atoms. The van der Waals surface area contributed by atoms with E-state index in [-0.39, 0.29) is 16.7 Å². The molecule has 11 nitrogen and oxygen atoms in total. The quantitative estimate of drug-likeness (QED) is 0.0724. The summed E-state index contributed by atoms with van der Waals surface area (Å²) in [5.41, 5.74) is 2.21. The van der Waals surface area contributed by atoms with Gasteiger partial charge in [-0.3, -0.25) is 0 Å². The third-order valence-corrected chi connectivity index (χ3v) is 8.86. The molecule has 0 atom stereocenters. The van der Waals surface area contributed by atoms with Gasteiger partial charge in [0.25, 0.3) is 0 Å². The van der Waals surface area contributed by atoms with Gasteiger partial charge in [-0.2, -0.15) is 8.42 Å². The molecule has 0 fully saturated rings. The molecular weight excluding hydrogens is 689 g/mol. The van der Waals surface area contributed by atoms with Crippen molar-refractivity contribution in [2.24, 2.45) is 0 Å². The van der Waals surface area contributed by atoms with Gasteiger partial charge < -0.3 is 34.4 Å². The van der Waals surface area contributed by atoms with Crippen molar-refractivity contribution in [3.63, 3.8) is 0 Å². The van der Waals surface area contributed by atoms with Crippen LogP contribution in [0.3, 0.4) is 0 Å². The summed E-state index contributed by atoms with van der Waals surface area (Å²) in [6, 6.07) is 43.2. The van der Waals surface area contributed by atoms with Crippen LogP contribution in [0.15, 0.2) is 168 Å². The lowest BCUT2D eigenvalue weighted by molar-refractivity contribution is 0.261. The largest absolute Gasteiger partial charge is 0.457 e. The number of urea groups is 2. The zero-order valence-electron chi connectivity index (χ0n) is 26.7. The van der Waals surface area contributed by atoms with Crippen LogP contribution in [-0.4, -0.2) is 20.5 Å². The number of nitrogens with one attached hydrogen (secondary N) is 4. The van der Waals surface area contributed by atoms with Crippen molar-refractivity contribution in [1.82, 2.24) is 0 Å². The first-order valence-electron chi connectivity index (χ1n) is 15.4. The van der Waals surface area contributed by atoms with Gasteiger partial charge in [-0.05, 0) is 97.1 Å². The fourth-order valence-electron chi connectivity index (χ4n) is 4.53.